The Balaban J connectivity index is 1.30. The average Bonchev–Trinajstić information content (AvgIpc) is 3.08. The maximum Gasteiger partial charge on any atom is 0.331 e. The fourth-order valence-corrected chi connectivity index (χ4v) is 3.46. The number of carbonyl (C=O) groups excluding carboxylic acids is 3. The molecule has 0 aliphatic carbocycles. The average molecular weight is 421 g/mol. The van der Waals surface area contributed by atoms with Crippen LogP contribution in [-0.2, 0) is 14.3 Å². The molecule has 0 spiro atoms. The third-order valence-corrected chi connectivity index (χ3v) is 5.10. The molecular weight excluding hydrogens is 398 g/mol. The molecule has 160 valence electrons. The minimum absolute atomic E-state index is 0.0911. The molecule has 2 aromatic rings. The summed E-state index contributed by atoms with van der Waals surface area (Å²) in [5.74, 6) is 0.495. The Morgan fingerprint density at radius 2 is 1.77 bits per heavy atom. The highest BCUT2D eigenvalue weighted by Crippen LogP contribution is 2.30. The Kier molecular flexibility index (Phi) is 6.31. The van der Waals surface area contributed by atoms with E-state index in [1.54, 1.807) is 47.4 Å². The first-order valence-electron chi connectivity index (χ1n) is 10.3. The van der Waals surface area contributed by atoms with Crippen LogP contribution in [0.5, 0.6) is 11.5 Å². The number of carbonyl (C=O) groups is 3. The van der Waals surface area contributed by atoms with Crippen molar-refractivity contribution >= 4 is 29.4 Å². The number of benzene rings is 2. The Bertz CT molecular complexity index is 1010. The predicted octanol–water partition coefficient (Wildman–Crippen LogP) is 3.41. The molecule has 7 nitrogen and oxygen atoms in total. The van der Waals surface area contributed by atoms with Gasteiger partial charge in [0.25, 0.3) is 0 Å². The number of nitrogens with zero attached hydrogens (tertiary/aromatic N) is 1. The van der Waals surface area contributed by atoms with Crippen molar-refractivity contribution in [2.75, 3.05) is 31.3 Å². The van der Waals surface area contributed by atoms with Gasteiger partial charge in [0.15, 0.2) is 23.9 Å². The van der Waals surface area contributed by atoms with Crippen molar-refractivity contribution < 1.29 is 28.6 Å². The lowest BCUT2D eigenvalue weighted by Gasteiger charge is -2.15. The summed E-state index contributed by atoms with van der Waals surface area (Å²) in [4.78, 5) is 37.8. The van der Waals surface area contributed by atoms with Gasteiger partial charge in [0.1, 0.15) is 0 Å². The fourth-order valence-electron chi connectivity index (χ4n) is 3.46. The molecule has 2 heterocycles. The number of hydrogen-bond donors (Lipinski definition) is 0. The molecule has 1 amide bonds. The summed E-state index contributed by atoms with van der Waals surface area (Å²) in [6, 6.07) is 12.2. The van der Waals surface area contributed by atoms with Crippen LogP contribution >= 0.6 is 0 Å². The number of fused-ring (bicyclic) bond motifs is 1. The Morgan fingerprint density at radius 1 is 1.00 bits per heavy atom. The summed E-state index contributed by atoms with van der Waals surface area (Å²) in [6.45, 7) is 1.53. The van der Waals surface area contributed by atoms with Gasteiger partial charge in [-0.25, -0.2) is 4.79 Å². The summed E-state index contributed by atoms with van der Waals surface area (Å²) in [7, 11) is 0. The molecule has 0 bridgehead atoms. The summed E-state index contributed by atoms with van der Waals surface area (Å²) in [5, 5.41) is 0. The molecule has 0 aromatic heterocycles. The normalized spacial score (nSPS) is 15.7. The highest BCUT2D eigenvalue weighted by atomic mass is 16.5. The van der Waals surface area contributed by atoms with Gasteiger partial charge in [0.2, 0.25) is 5.91 Å². The van der Waals surface area contributed by atoms with E-state index in [1.165, 1.54) is 6.08 Å². The van der Waals surface area contributed by atoms with E-state index in [0.29, 0.717) is 43.2 Å². The first-order valence-corrected chi connectivity index (χ1v) is 10.3. The van der Waals surface area contributed by atoms with Crippen molar-refractivity contribution in [3.05, 3.63) is 59.7 Å². The van der Waals surface area contributed by atoms with E-state index in [4.69, 9.17) is 14.2 Å². The van der Waals surface area contributed by atoms with Gasteiger partial charge in [-0.05, 0) is 54.5 Å². The molecule has 2 aliphatic heterocycles. The molecule has 0 N–H and O–H groups in total. The molecule has 2 aliphatic rings. The van der Waals surface area contributed by atoms with Crippen LogP contribution in [0.25, 0.3) is 6.08 Å². The molecule has 2 aromatic carbocycles. The van der Waals surface area contributed by atoms with Crippen molar-refractivity contribution in [1.82, 2.24) is 0 Å². The zero-order chi connectivity index (χ0) is 21.6. The minimum atomic E-state index is -0.611. The lowest BCUT2D eigenvalue weighted by Crippen LogP contribution is -2.23. The van der Waals surface area contributed by atoms with Crippen molar-refractivity contribution in [2.45, 2.75) is 19.3 Å². The number of ketones is 1. The quantitative estimate of drug-likeness (QED) is 0.404. The summed E-state index contributed by atoms with van der Waals surface area (Å²) >= 11 is 0. The van der Waals surface area contributed by atoms with Gasteiger partial charge >= 0.3 is 5.97 Å². The van der Waals surface area contributed by atoms with Gasteiger partial charge in [-0.3, -0.25) is 9.59 Å². The summed E-state index contributed by atoms with van der Waals surface area (Å²) in [6.07, 6.45) is 5.09. The van der Waals surface area contributed by atoms with Gasteiger partial charge in [-0.1, -0.05) is 6.07 Å². The van der Waals surface area contributed by atoms with Gasteiger partial charge in [-0.2, -0.15) is 0 Å². The maximum atomic E-state index is 12.3. The Morgan fingerprint density at radius 3 is 2.52 bits per heavy atom. The molecule has 0 saturated carbocycles. The number of Topliss-reactive ketones (excluding diaryl/α,β-unsaturated/α-hetero) is 1. The second-order valence-electron chi connectivity index (χ2n) is 7.32. The van der Waals surface area contributed by atoms with Crippen molar-refractivity contribution in [3.63, 3.8) is 0 Å². The van der Waals surface area contributed by atoms with Crippen LogP contribution in [0.15, 0.2) is 48.5 Å². The third kappa shape index (κ3) is 5.12. The maximum absolute atomic E-state index is 12.3. The SMILES string of the molecule is O=C(/C=C/c1ccc2c(c1)OCCCO2)OCC(=O)c1ccc(N2CCCC2=O)cc1. The first-order chi connectivity index (χ1) is 15.1. The van der Waals surface area contributed by atoms with Gasteiger partial charge < -0.3 is 19.1 Å². The Hall–Kier alpha value is -3.61. The van der Waals surface area contributed by atoms with Crippen LogP contribution in [0.1, 0.15) is 35.2 Å². The molecule has 1 fully saturated rings. The van der Waals surface area contributed by atoms with Crippen LogP contribution in [0.4, 0.5) is 5.69 Å². The molecule has 7 heteroatoms. The van der Waals surface area contributed by atoms with E-state index in [9.17, 15) is 14.4 Å². The first kappa shape index (κ1) is 20.7. The minimum Gasteiger partial charge on any atom is -0.490 e. The van der Waals surface area contributed by atoms with Crippen LogP contribution in [0.2, 0.25) is 0 Å². The molecule has 1 saturated heterocycles. The van der Waals surface area contributed by atoms with Crippen LogP contribution < -0.4 is 14.4 Å². The number of hydrogen-bond acceptors (Lipinski definition) is 6. The topological polar surface area (TPSA) is 82.1 Å². The molecule has 0 unspecified atom stereocenters. The zero-order valence-electron chi connectivity index (χ0n) is 17.0. The number of amides is 1. The highest BCUT2D eigenvalue weighted by molar-refractivity contribution is 6.00. The van der Waals surface area contributed by atoms with E-state index < -0.39 is 5.97 Å². The number of anilines is 1. The number of ether oxygens (including phenoxy) is 3. The van der Waals surface area contributed by atoms with Gasteiger partial charge in [0, 0.05) is 36.7 Å². The fraction of sp³-hybridized carbons (Fsp3) is 0.292. The summed E-state index contributed by atoms with van der Waals surface area (Å²) in [5.41, 5.74) is 1.96. The molecular formula is C24H23NO6. The van der Waals surface area contributed by atoms with Crippen molar-refractivity contribution in [3.8, 4) is 11.5 Å². The zero-order valence-corrected chi connectivity index (χ0v) is 17.0. The van der Waals surface area contributed by atoms with Crippen LogP contribution in [-0.4, -0.2) is 44.0 Å². The largest absolute Gasteiger partial charge is 0.490 e. The van der Waals surface area contributed by atoms with Crippen LogP contribution in [0.3, 0.4) is 0 Å². The third-order valence-electron chi connectivity index (χ3n) is 5.10. The van der Waals surface area contributed by atoms with E-state index >= 15 is 0 Å². The number of esters is 1. The standard InChI is InChI=1S/C24H23NO6/c26-20(18-6-8-19(9-7-18)25-12-1-3-23(25)27)16-31-24(28)11-5-17-4-10-21-22(15-17)30-14-2-13-29-21/h4-11,15H,1-3,12-14,16H2/b11-5+. The summed E-state index contributed by atoms with van der Waals surface area (Å²) < 4.78 is 16.3. The van der Waals surface area contributed by atoms with Crippen LogP contribution in [0, 0.1) is 0 Å². The number of rotatable bonds is 6. The molecule has 0 atom stereocenters. The van der Waals surface area contributed by atoms with Gasteiger partial charge in [-0.15, -0.1) is 0 Å². The molecule has 31 heavy (non-hydrogen) atoms. The lowest BCUT2D eigenvalue weighted by atomic mass is 10.1. The van der Waals surface area contributed by atoms with E-state index in [-0.39, 0.29) is 18.3 Å². The Labute approximate surface area is 180 Å². The second kappa shape index (κ2) is 9.47. The van der Waals surface area contributed by atoms with E-state index in [0.717, 1.165) is 24.1 Å². The smallest absolute Gasteiger partial charge is 0.331 e. The highest BCUT2D eigenvalue weighted by Gasteiger charge is 2.21. The predicted molar refractivity (Wildman–Crippen MR) is 114 cm³/mol. The molecule has 0 radical (unpaired) electrons. The second-order valence-corrected chi connectivity index (χ2v) is 7.32. The van der Waals surface area contributed by atoms with E-state index in [1.807, 2.05) is 6.07 Å². The monoisotopic (exact) mass is 421 g/mol. The lowest BCUT2D eigenvalue weighted by molar-refractivity contribution is -0.136. The van der Waals surface area contributed by atoms with Gasteiger partial charge in [0.05, 0.1) is 13.2 Å². The molecule has 4 rings (SSSR count). The van der Waals surface area contributed by atoms with Crippen molar-refractivity contribution in [2.24, 2.45) is 0 Å². The van der Waals surface area contributed by atoms with Crippen molar-refractivity contribution in [1.29, 1.82) is 0 Å². The van der Waals surface area contributed by atoms with E-state index in [2.05, 4.69) is 0 Å².